The van der Waals surface area contributed by atoms with E-state index in [-0.39, 0.29) is 12.2 Å². The van der Waals surface area contributed by atoms with E-state index < -0.39 is 0 Å². The Kier molecular flexibility index (Phi) is 7.13. The third-order valence-electron chi connectivity index (χ3n) is 6.15. The molecule has 1 aliphatic carbocycles. The molecule has 1 aliphatic rings. The minimum atomic E-state index is -0.0396. The van der Waals surface area contributed by atoms with Crippen molar-refractivity contribution < 1.29 is 9.47 Å². The van der Waals surface area contributed by atoms with Crippen LogP contribution in [0.4, 0.5) is 0 Å². The third-order valence-corrected chi connectivity index (χ3v) is 6.40. The van der Waals surface area contributed by atoms with Crippen LogP contribution >= 0.6 is 11.6 Å². The zero-order chi connectivity index (χ0) is 21.6. The van der Waals surface area contributed by atoms with Crippen molar-refractivity contribution in [3.8, 4) is 11.5 Å². The number of rotatable bonds is 8. The number of nitrogens with zero attached hydrogens (tertiary/aromatic N) is 2. The van der Waals surface area contributed by atoms with E-state index in [1.165, 1.54) is 32.1 Å². The summed E-state index contributed by atoms with van der Waals surface area (Å²) in [6.07, 6.45) is 8.78. The van der Waals surface area contributed by atoms with Crippen molar-refractivity contribution in [3.05, 3.63) is 63.7 Å². The van der Waals surface area contributed by atoms with Gasteiger partial charge in [0.15, 0.2) is 0 Å². The van der Waals surface area contributed by atoms with E-state index in [0.29, 0.717) is 39.8 Å². The molecule has 0 amide bonds. The van der Waals surface area contributed by atoms with Crippen LogP contribution in [0.5, 0.6) is 11.5 Å². The maximum atomic E-state index is 13.3. The summed E-state index contributed by atoms with van der Waals surface area (Å²) in [6.45, 7) is 0.850. The molecule has 5 nitrogen and oxygen atoms in total. The molecule has 0 N–H and O–H groups in total. The number of ether oxygens (including phenoxy) is 2. The molecule has 1 aromatic heterocycles. The van der Waals surface area contributed by atoms with Gasteiger partial charge in [0.1, 0.15) is 29.4 Å². The molecule has 0 aliphatic heterocycles. The maximum Gasteiger partial charge on any atom is 0.261 e. The van der Waals surface area contributed by atoms with Crippen molar-refractivity contribution in [2.75, 3.05) is 7.11 Å². The summed E-state index contributed by atoms with van der Waals surface area (Å²) in [5, 5.41) is 1.23. The number of benzene rings is 2. The second-order valence-electron chi connectivity index (χ2n) is 8.23. The van der Waals surface area contributed by atoms with Gasteiger partial charge in [-0.3, -0.25) is 9.36 Å². The quantitative estimate of drug-likeness (QED) is 0.431. The lowest BCUT2D eigenvalue weighted by molar-refractivity contribution is 0.282. The Labute approximate surface area is 188 Å². The number of halogens is 1. The monoisotopic (exact) mass is 440 g/mol. The Morgan fingerprint density at radius 2 is 1.87 bits per heavy atom. The maximum absolute atomic E-state index is 13.3. The smallest absolute Gasteiger partial charge is 0.261 e. The van der Waals surface area contributed by atoms with Gasteiger partial charge >= 0.3 is 0 Å². The lowest BCUT2D eigenvalue weighted by Crippen LogP contribution is -2.27. The van der Waals surface area contributed by atoms with Gasteiger partial charge in [0.25, 0.3) is 5.56 Å². The van der Waals surface area contributed by atoms with Crippen LogP contribution in [-0.2, 0) is 13.2 Å². The average molecular weight is 441 g/mol. The molecule has 164 valence electrons. The fourth-order valence-electron chi connectivity index (χ4n) is 4.46. The third kappa shape index (κ3) is 5.21. The SMILES string of the molecule is COc1cccc2c(=O)n(CCCC3CCCCC3)c(COc3ccc(Cl)cc3)nc12. The molecule has 0 spiro atoms. The molecule has 2 aromatic carbocycles. The highest BCUT2D eigenvalue weighted by molar-refractivity contribution is 6.30. The first-order valence-corrected chi connectivity index (χ1v) is 11.5. The molecule has 1 heterocycles. The Morgan fingerprint density at radius 1 is 1.10 bits per heavy atom. The summed E-state index contributed by atoms with van der Waals surface area (Å²) >= 11 is 5.97. The highest BCUT2D eigenvalue weighted by atomic mass is 35.5. The predicted octanol–water partition coefficient (Wildman–Crippen LogP) is 6.00. The average Bonchev–Trinajstić information content (AvgIpc) is 2.80. The van der Waals surface area contributed by atoms with Gasteiger partial charge in [0.05, 0.1) is 12.5 Å². The summed E-state index contributed by atoms with van der Waals surface area (Å²) in [5.74, 6) is 2.68. The predicted molar refractivity (Wildman–Crippen MR) is 124 cm³/mol. The zero-order valence-corrected chi connectivity index (χ0v) is 18.7. The van der Waals surface area contributed by atoms with E-state index in [9.17, 15) is 4.79 Å². The Balaban J connectivity index is 1.60. The first-order valence-electron chi connectivity index (χ1n) is 11.1. The van der Waals surface area contributed by atoms with Gasteiger partial charge in [-0.25, -0.2) is 4.98 Å². The fourth-order valence-corrected chi connectivity index (χ4v) is 4.59. The first-order chi connectivity index (χ1) is 15.2. The van der Waals surface area contributed by atoms with E-state index in [1.54, 1.807) is 23.8 Å². The standard InChI is InChI=1S/C25H29ClN2O3/c1-30-22-11-5-10-21-24(22)27-23(17-31-20-14-12-19(26)13-15-20)28(25(21)29)16-6-9-18-7-3-2-4-8-18/h5,10-15,18H,2-4,6-9,16-17H2,1H3. The second-order valence-corrected chi connectivity index (χ2v) is 8.67. The number of hydrogen-bond acceptors (Lipinski definition) is 4. The number of methoxy groups -OCH3 is 1. The highest BCUT2D eigenvalue weighted by Crippen LogP contribution is 2.28. The van der Waals surface area contributed by atoms with Crippen LogP contribution in [0.2, 0.25) is 5.02 Å². The summed E-state index contributed by atoms with van der Waals surface area (Å²) in [5.41, 5.74) is 0.537. The molecule has 31 heavy (non-hydrogen) atoms. The molecule has 0 radical (unpaired) electrons. The lowest BCUT2D eigenvalue weighted by atomic mass is 9.86. The van der Waals surface area contributed by atoms with Crippen molar-refractivity contribution in [2.45, 2.75) is 58.1 Å². The van der Waals surface area contributed by atoms with E-state index in [2.05, 4.69) is 0 Å². The van der Waals surface area contributed by atoms with Crippen LogP contribution in [-0.4, -0.2) is 16.7 Å². The van der Waals surface area contributed by atoms with Gasteiger partial charge in [0.2, 0.25) is 0 Å². The van der Waals surface area contributed by atoms with E-state index in [4.69, 9.17) is 26.1 Å². The zero-order valence-electron chi connectivity index (χ0n) is 18.0. The van der Waals surface area contributed by atoms with E-state index in [0.717, 1.165) is 18.8 Å². The number of hydrogen-bond donors (Lipinski definition) is 0. The molecule has 6 heteroatoms. The summed E-state index contributed by atoms with van der Waals surface area (Å²) < 4.78 is 13.2. The number of para-hydroxylation sites is 1. The van der Waals surface area contributed by atoms with Gasteiger partial charge in [-0.1, -0.05) is 49.8 Å². The van der Waals surface area contributed by atoms with Crippen molar-refractivity contribution in [1.29, 1.82) is 0 Å². The van der Waals surface area contributed by atoms with Gasteiger partial charge in [0, 0.05) is 11.6 Å². The highest BCUT2D eigenvalue weighted by Gasteiger charge is 2.17. The topological polar surface area (TPSA) is 53.4 Å². The van der Waals surface area contributed by atoms with Crippen LogP contribution in [0, 0.1) is 5.92 Å². The van der Waals surface area contributed by atoms with Crippen molar-refractivity contribution >= 4 is 22.5 Å². The van der Waals surface area contributed by atoms with Gasteiger partial charge in [-0.15, -0.1) is 0 Å². The minimum Gasteiger partial charge on any atom is -0.494 e. The summed E-state index contributed by atoms with van der Waals surface area (Å²) in [4.78, 5) is 18.1. The lowest BCUT2D eigenvalue weighted by Gasteiger charge is -2.22. The first kappa shape index (κ1) is 21.7. The molecule has 4 rings (SSSR count). The van der Waals surface area contributed by atoms with Crippen LogP contribution in [0.3, 0.4) is 0 Å². The molecular weight excluding hydrogens is 412 g/mol. The molecule has 0 saturated heterocycles. The van der Waals surface area contributed by atoms with Crippen LogP contribution in [0.25, 0.3) is 10.9 Å². The molecule has 1 fully saturated rings. The van der Waals surface area contributed by atoms with E-state index in [1.807, 2.05) is 30.3 Å². The van der Waals surface area contributed by atoms with Gasteiger partial charge < -0.3 is 9.47 Å². The molecule has 1 saturated carbocycles. The molecule has 0 atom stereocenters. The molecule has 0 unspecified atom stereocenters. The number of aromatic nitrogens is 2. The van der Waals surface area contributed by atoms with Gasteiger partial charge in [-0.2, -0.15) is 0 Å². The Hall–Kier alpha value is -2.53. The van der Waals surface area contributed by atoms with Crippen LogP contribution < -0.4 is 15.0 Å². The molecule has 3 aromatic rings. The molecular formula is C25H29ClN2O3. The summed E-state index contributed by atoms with van der Waals surface area (Å²) in [6, 6.07) is 12.7. The Morgan fingerprint density at radius 3 is 2.61 bits per heavy atom. The number of fused-ring (bicyclic) bond motifs is 1. The van der Waals surface area contributed by atoms with Crippen molar-refractivity contribution in [1.82, 2.24) is 9.55 Å². The minimum absolute atomic E-state index is 0.0396. The fraction of sp³-hybridized carbons (Fsp3) is 0.440. The largest absolute Gasteiger partial charge is 0.494 e. The van der Waals surface area contributed by atoms with Crippen LogP contribution in [0.1, 0.15) is 50.8 Å². The normalized spacial score (nSPS) is 14.6. The van der Waals surface area contributed by atoms with E-state index >= 15 is 0 Å². The van der Waals surface area contributed by atoms with Crippen molar-refractivity contribution in [2.24, 2.45) is 5.92 Å². The summed E-state index contributed by atoms with van der Waals surface area (Å²) in [7, 11) is 1.59. The Bertz CT molecular complexity index is 1070. The van der Waals surface area contributed by atoms with Gasteiger partial charge in [-0.05, 0) is 55.2 Å². The second kappa shape index (κ2) is 10.2. The van der Waals surface area contributed by atoms with Crippen LogP contribution in [0.15, 0.2) is 47.3 Å². The van der Waals surface area contributed by atoms with Crippen molar-refractivity contribution in [3.63, 3.8) is 0 Å². The molecule has 0 bridgehead atoms.